The van der Waals surface area contributed by atoms with Crippen molar-refractivity contribution in [3.05, 3.63) is 34.5 Å². The summed E-state index contributed by atoms with van der Waals surface area (Å²) in [6, 6.07) is 4.43. The predicted octanol–water partition coefficient (Wildman–Crippen LogP) is 2.48. The fourth-order valence-electron chi connectivity index (χ4n) is 1.40. The van der Waals surface area contributed by atoms with Crippen molar-refractivity contribution in [1.82, 2.24) is 10.2 Å². The van der Waals surface area contributed by atoms with Crippen LogP contribution in [0.3, 0.4) is 0 Å². The highest BCUT2D eigenvalue weighted by Crippen LogP contribution is 2.17. The summed E-state index contributed by atoms with van der Waals surface area (Å²) in [5.74, 6) is 0. The monoisotopic (exact) mass is 224 g/mol. The van der Waals surface area contributed by atoms with Crippen molar-refractivity contribution in [1.29, 1.82) is 0 Å². The van der Waals surface area contributed by atoms with Crippen LogP contribution in [0.1, 0.15) is 16.7 Å². The Morgan fingerprint density at radius 1 is 1.47 bits per heavy atom. The Kier molecular flexibility index (Phi) is 5.61. The van der Waals surface area contributed by atoms with Gasteiger partial charge < -0.3 is 5.32 Å². The molecule has 0 aliphatic heterocycles. The number of nitrogens with zero attached hydrogens (tertiary/aromatic N) is 1. The van der Waals surface area contributed by atoms with Crippen LogP contribution in [-0.4, -0.2) is 25.0 Å². The van der Waals surface area contributed by atoms with E-state index in [9.17, 15) is 0 Å². The van der Waals surface area contributed by atoms with E-state index in [0.29, 0.717) is 0 Å². The molecule has 15 heavy (non-hydrogen) atoms. The summed E-state index contributed by atoms with van der Waals surface area (Å²) in [6.07, 6.45) is 1.94. The topological polar surface area (TPSA) is 15.3 Å². The Morgan fingerprint density at radius 3 is 2.87 bits per heavy atom. The van der Waals surface area contributed by atoms with Crippen LogP contribution in [-0.2, 0) is 13.1 Å². The normalized spacial score (nSPS) is 10.9. The molecular formula is C12H20N2S. The summed E-state index contributed by atoms with van der Waals surface area (Å²) >= 11 is 1.89. The molecule has 2 nitrogen and oxygen atoms in total. The molecular weight excluding hydrogens is 204 g/mol. The Balaban J connectivity index is 2.41. The third-order valence-corrected chi connectivity index (χ3v) is 3.20. The Bertz CT molecular complexity index is 294. The molecule has 0 unspecified atom stereocenters. The number of likely N-dealkylation sites (N-methyl/N-ethyl adjacent to an activating group) is 1. The first-order valence-corrected chi connectivity index (χ1v) is 6.15. The van der Waals surface area contributed by atoms with Crippen LogP contribution >= 0.6 is 11.3 Å². The molecule has 1 aromatic heterocycles. The van der Waals surface area contributed by atoms with Gasteiger partial charge in [0, 0.05) is 29.4 Å². The van der Waals surface area contributed by atoms with E-state index >= 15 is 0 Å². The van der Waals surface area contributed by atoms with E-state index < -0.39 is 0 Å². The molecule has 0 fully saturated rings. The zero-order valence-electron chi connectivity index (χ0n) is 9.62. The van der Waals surface area contributed by atoms with Gasteiger partial charge in [0.15, 0.2) is 0 Å². The number of hydrogen-bond donors (Lipinski definition) is 1. The van der Waals surface area contributed by atoms with Gasteiger partial charge in [0.1, 0.15) is 0 Å². The number of nitrogens with one attached hydrogen (secondary N) is 1. The second kappa shape index (κ2) is 6.77. The first-order chi connectivity index (χ1) is 7.26. The summed E-state index contributed by atoms with van der Waals surface area (Å²) in [7, 11) is 2.12. The highest BCUT2D eigenvalue weighted by Gasteiger charge is 2.02. The third kappa shape index (κ3) is 4.60. The molecule has 0 saturated carbocycles. The van der Waals surface area contributed by atoms with Gasteiger partial charge in [-0.3, -0.25) is 4.90 Å². The Hall–Kier alpha value is -0.640. The van der Waals surface area contributed by atoms with Crippen molar-refractivity contribution in [2.45, 2.75) is 20.0 Å². The smallest absolute Gasteiger partial charge is 0.0328 e. The van der Waals surface area contributed by atoms with E-state index in [1.54, 1.807) is 0 Å². The minimum atomic E-state index is 0.945. The van der Waals surface area contributed by atoms with Crippen LogP contribution in [0.2, 0.25) is 0 Å². The average Bonchev–Trinajstić information content (AvgIpc) is 2.63. The molecule has 0 aromatic carbocycles. The predicted molar refractivity (Wildman–Crippen MR) is 68.2 cm³/mol. The molecule has 1 aromatic rings. The first-order valence-electron chi connectivity index (χ1n) is 5.34. The maximum Gasteiger partial charge on any atom is 0.0328 e. The van der Waals surface area contributed by atoms with Crippen molar-refractivity contribution >= 4 is 11.3 Å². The van der Waals surface area contributed by atoms with E-state index in [1.165, 1.54) is 9.75 Å². The van der Waals surface area contributed by atoms with Crippen LogP contribution in [0.4, 0.5) is 0 Å². The summed E-state index contributed by atoms with van der Waals surface area (Å²) in [6.45, 7) is 9.86. The third-order valence-electron chi connectivity index (χ3n) is 2.13. The van der Waals surface area contributed by atoms with E-state index in [4.69, 9.17) is 0 Å². The lowest BCUT2D eigenvalue weighted by atomic mass is 10.4. The van der Waals surface area contributed by atoms with E-state index in [-0.39, 0.29) is 0 Å². The molecule has 1 N–H and O–H groups in total. The Morgan fingerprint density at radius 2 is 2.20 bits per heavy atom. The lowest BCUT2D eigenvalue weighted by molar-refractivity contribution is 0.367. The number of thiophene rings is 1. The van der Waals surface area contributed by atoms with Gasteiger partial charge in [-0.05, 0) is 25.7 Å². The lowest BCUT2D eigenvalue weighted by Crippen LogP contribution is -2.16. The minimum absolute atomic E-state index is 0.945. The fraction of sp³-hybridized carbons (Fsp3) is 0.500. The molecule has 0 bridgehead atoms. The van der Waals surface area contributed by atoms with Gasteiger partial charge in [-0.2, -0.15) is 0 Å². The molecule has 0 saturated heterocycles. The van der Waals surface area contributed by atoms with Gasteiger partial charge in [-0.25, -0.2) is 0 Å². The molecule has 1 rings (SSSR count). The molecule has 0 aliphatic rings. The lowest BCUT2D eigenvalue weighted by Gasteiger charge is -2.11. The maximum atomic E-state index is 3.74. The molecule has 0 atom stereocenters. The van der Waals surface area contributed by atoms with E-state index in [2.05, 4.69) is 42.9 Å². The zero-order valence-corrected chi connectivity index (χ0v) is 10.4. The van der Waals surface area contributed by atoms with Crippen LogP contribution in [0, 0.1) is 0 Å². The van der Waals surface area contributed by atoms with Crippen molar-refractivity contribution < 1.29 is 0 Å². The summed E-state index contributed by atoms with van der Waals surface area (Å²) in [5.41, 5.74) is 0. The van der Waals surface area contributed by atoms with Gasteiger partial charge >= 0.3 is 0 Å². The van der Waals surface area contributed by atoms with E-state index in [0.717, 1.165) is 26.2 Å². The van der Waals surface area contributed by atoms with Crippen molar-refractivity contribution in [2.24, 2.45) is 0 Å². The van der Waals surface area contributed by atoms with Crippen molar-refractivity contribution in [3.8, 4) is 0 Å². The number of rotatable bonds is 7. The summed E-state index contributed by atoms with van der Waals surface area (Å²) < 4.78 is 0. The summed E-state index contributed by atoms with van der Waals surface area (Å²) in [4.78, 5) is 5.10. The SMILES string of the molecule is C=CCN(C)Cc1ccc(CNCC)s1. The van der Waals surface area contributed by atoms with Gasteiger partial charge in [0.25, 0.3) is 0 Å². The van der Waals surface area contributed by atoms with Gasteiger partial charge in [-0.1, -0.05) is 13.0 Å². The number of hydrogen-bond acceptors (Lipinski definition) is 3. The van der Waals surface area contributed by atoms with Crippen molar-refractivity contribution in [3.63, 3.8) is 0 Å². The van der Waals surface area contributed by atoms with Gasteiger partial charge in [0.2, 0.25) is 0 Å². The molecule has 0 radical (unpaired) electrons. The Labute approximate surface area is 96.6 Å². The largest absolute Gasteiger partial charge is 0.312 e. The molecule has 0 aliphatic carbocycles. The molecule has 1 heterocycles. The van der Waals surface area contributed by atoms with Crippen LogP contribution < -0.4 is 5.32 Å². The summed E-state index contributed by atoms with van der Waals surface area (Å²) in [5, 5.41) is 3.34. The second-order valence-corrected chi connectivity index (χ2v) is 4.89. The van der Waals surface area contributed by atoms with Crippen molar-refractivity contribution in [2.75, 3.05) is 20.1 Å². The molecule has 0 spiro atoms. The second-order valence-electron chi connectivity index (χ2n) is 3.63. The highest BCUT2D eigenvalue weighted by molar-refractivity contribution is 7.11. The first kappa shape index (κ1) is 12.4. The maximum absolute atomic E-state index is 3.74. The van der Waals surface area contributed by atoms with Gasteiger partial charge in [-0.15, -0.1) is 17.9 Å². The quantitative estimate of drug-likeness (QED) is 0.716. The average molecular weight is 224 g/mol. The standard InChI is InChI=1S/C12H20N2S/c1-4-8-14(3)10-12-7-6-11(15-12)9-13-5-2/h4,6-7,13H,1,5,8-10H2,2-3H3. The minimum Gasteiger partial charge on any atom is -0.312 e. The van der Waals surface area contributed by atoms with Crippen LogP contribution in [0.25, 0.3) is 0 Å². The molecule has 3 heteroatoms. The zero-order chi connectivity index (χ0) is 11.1. The molecule has 84 valence electrons. The van der Waals surface area contributed by atoms with Crippen LogP contribution in [0.15, 0.2) is 24.8 Å². The fourth-order valence-corrected chi connectivity index (χ4v) is 2.47. The molecule has 0 amide bonds. The highest BCUT2D eigenvalue weighted by atomic mass is 32.1. The van der Waals surface area contributed by atoms with Gasteiger partial charge in [0.05, 0.1) is 0 Å². The van der Waals surface area contributed by atoms with E-state index in [1.807, 2.05) is 17.4 Å². The van der Waals surface area contributed by atoms with Crippen LogP contribution in [0.5, 0.6) is 0 Å².